The van der Waals surface area contributed by atoms with Gasteiger partial charge < -0.3 is 0 Å². The quantitative estimate of drug-likeness (QED) is 0.483. The fraction of sp³-hybridized carbons (Fsp3) is 0.0952. The van der Waals surface area contributed by atoms with E-state index in [1.54, 1.807) is 34.9 Å². The van der Waals surface area contributed by atoms with E-state index in [1.807, 2.05) is 30.3 Å². The molecule has 4 aromatic rings. The van der Waals surface area contributed by atoms with Crippen LogP contribution in [0.2, 0.25) is 5.02 Å². The van der Waals surface area contributed by atoms with E-state index in [4.69, 9.17) is 11.6 Å². The van der Waals surface area contributed by atoms with E-state index in [9.17, 15) is 13.2 Å². The number of nitrogens with zero attached hydrogens (tertiary/aromatic N) is 1. The molecule has 0 saturated heterocycles. The maximum Gasteiger partial charge on any atom is 0.308 e. The summed E-state index contributed by atoms with van der Waals surface area (Å²) in [5.41, 5.74) is 2.42. The molecule has 0 aliphatic rings. The summed E-state index contributed by atoms with van der Waals surface area (Å²) in [4.78, 5) is 12.4. The second-order valence-corrected chi connectivity index (χ2v) is 9.65. The van der Waals surface area contributed by atoms with Crippen molar-refractivity contribution in [2.75, 3.05) is 0 Å². The predicted octanol–water partition coefficient (Wildman–Crippen LogP) is 4.24. The average molecular weight is 445 g/mol. The number of hydrogen-bond donors (Lipinski definition) is 1. The number of thiazole rings is 1. The van der Waals surface area contributed by atoms with Gasteiger partial charge in [-0.2, -0.15) is 0 Å². The lowest BCUT2D eigenvalue weighted by atomic mass is 10.2. The zero-order chi connectivity index (χ0) is 20.4. The number of fused-ring (bicyclic) bond motifs is 1. The molecule has 1 heterocycles. The van der Waals surface area contributed by atoms with Gasteiger partial charge in [0.15, 0.2) is 0 Å². The summed E-state index contributed by atoms with van der Waals surface area (Å²) >= 11 is 7.13. The third-order valence-electron chi connectivity index (χ3n) is 4.54. The first kappa shape index (κ1) is 19.8. The number of aromatic nitrogens is 1. The molecule has 148 valence electrons. The molecule has 0 bridgehead atoms. The van der Waals surface area contributed by atoms with Crippen LogP contribution < -0.4 is 9.60 Å². The van der Waals surface area contributed by atoms with Gasteiger partial charge in [0.1, 0.15) is 0 Å². The summed E-state index contributed by atoms with van der Waals surface area (Å²) in [6, 6.07) is 21.5. The first-order valence-electron chi connectivity index (χ1n) is 8.84. The second-order valence-electron chi connectivity index (χ2n) is 6.49. The van der Waals surface area contributed by atoms with E-state index >= 15 is 0 Å². The maximum absolute atomic E-state index is 12.7. The Balaban J connectivity index is 1.62. The topological polar surface area (TPSA) is 68.2 Å². The average Bonchev–Trinajstić information content (AvgIpc) is 3.03. The van der Waals surface area contributed by atoms with Gasteiger partial charge in [0, 0.05) is 11.6 Å². The molecule has 3 aromatic carbocycles. The van der Waals surface area contributed by atoms with Gasteiger partial charge in [0.2, 0.25) is 10.0 Å². The van der Waals surface area contributed by atoms with Gasteiger partial charge in [-0.05, 0) is 35.4 Å². The molecule has 8 heteroatoms. The highest BCUT2D eigenvalue weighted by Crippen LogP contribution is 2.23. The van der Waals surface area contributed by atoms with Crippen LogP contribution >= 0.6 is 22.9 Å². The highest BCUT2D eigenvalue weighted by atomic mass is 35.5. The Morgan fingerprint density at radius 2 is 1.69 bits per heavy atom. The van der Waals surface area contributed by atoms with E-state index in [-0.39, 0.29) is 16.3 Å². The molecular formula is C21H17ClN2O3S2. The van der Waals surface area contributed by atoms with E-state index in [0.29, 0.717) is 27.3 Å². The number of sulfonamides is 1. The Labute approximate surface area is 177 Å². The first-order valence-corrected chi connectivity index (χ1v) is 11.5. The molecule has 5 nitrogen and oxygen atoms in total. The molecule has 0 fully saturated rings. The lowest BCUT2D eigenvalue weighted by molar-refractivity contribution is 0.581. The minimum atomic E-state index is -3.74. The van der Waals surface area contributed by atoms with Crippen molar-refractivity contribution in [1.29, 1.82) is 0 Å². The van der Waals surface area contributed by atoms with Gasteiger partial charge >= 0.3 is 4.87 Å². The van der Waals surface area contributed by atoms with E-state index in [2.05, 4.69) is 4.72 Å². The molecule has 0 atom stereocenters. The summed E-state index contributed by atoms with van der Waals surface area (Å²) in [5, 5.41) is 0.502. The molecule has 1 N–H and O–H groups in total. The maximum atomic E-state index is 12.7. The molecule has 1 aromatic heterocycles. The van der Waals surface area contributed by atoms with Crippen molar-refractivity contribution in [3.05, 3.63) is 98.6 Å². The van der Waals surface area contributed by atoms with Gasteiger partial charge in [-0.1, -0.05) is 71.5 Å². The van der Waals surface area contributed by atoms with E-state index in [1.165, 1.54) is 12.1 Å². The molecule has 0 spiro atoms. The van der Waals surface area contributed by atoms with E-state index in [0.717, 1.165) is 16.9 Å². The summed E-state index contributed by atoms with van der Waals surface area (Å²) in [6.07, 6.45) is 0. The van der Waals surface area contributed by atoms with Crippen molar-refractivity contribution in [3.63, 3.8) is 0 Å². The van der Waals surface area contributed by atoms with Crippen LogP contribution in [0.4, 0.5) is 0 Å². The molecular weight excluding hydrogens is 428 g/mol. The lowest BCUT2D eigenvalue weighted by Gasteiger charge is -2.09. The molecule has 0 radical (unpaired) electrons. The summed E-state index contributed by atoms with van der Waals surface area (Å²) in [5.74, 6) is 0. The van der Waals surface area contributed by atoms with Gasteiger partial charge in [-0.25, -0.2) is 13.1 Å². The van der Waals surface area contributed by atoms with Crippen LogP contribution in [0.1, 0.15) is 11.1 Å². The molecule has 0 saturated carbocycles. The van der Waals surface area contributed by atoms with Crippen molar-refractivity contribution in [1.82, 2.24) is 9.29 Å². The zero-order valence-corrected chi connectivity index (χ0v) is 17.6. The summed E-state index contributed by atoms with van der Waals surface area (Å²) < 4.78 is 30.3. The molecule has 0 aliphatic heterocycles. The van der Waals surface area contributed by atoms with Crippen LogP contribution in [0.15, 0.2) is 82.5 Å². The number of rotatable bonds is 6. The fourth-order valence-corrected chi connectivity index (χ4v) is 5.27. The molecule has 0 amide bonds. The van der Waals surface area contributed by atoms with Crippen molar-refractivity contribution in [2.24, 2.45) is 0 Å². The Hall–Kier alpha value is -2.45. The smallest absolute Gasteiger partial charge is 0.294 e. The Kier molecular flexibility index (Phi) is 5.56. The number of hydrogen-bond acceptors (Lipinski definition) is 4. The summed E-state index contributed by atoms with van der Waals surface area (Å²) in [7, 11) is -3.74. The van der Waals surface area contributed by atoms with E-state index < -0.39 is 10.0 Å². The predicted molar refractivity (Wildman–Crippen MR) is 117 cm³/mol. The van der Waals surface area contributed by atoms with Gasteiger partial charge in [-0.15, -0.1) is 0 Å². The molecule has 0 unspecified atom stereocenters. The highest BCUT2D eigenvalue weighted by molar-refractivity contribution is 7.89. The van der Waals surface area contributed by atoms with Crippen LogP contribution in [-0.2, 0) is 23.1 Å². The van der Waals surface area contributed by atoms with Gasteiger partial charge in [0.05, 0.1) is 21.7 Å². The lowest BCUT2D eigenvalue weighted by Crippen LogP contribution is -2.23. The van der Waals surface area contributed by atoms with Crippen molar-refractivity contribution < 1.29 is 8.42 Å². The number of benzene rings is 3. The van der Waals surface area contributed by atoms with Crippen LogP contribution in [0.25, 0.3) is 10.2 Å². The largest absolute Gasteiger partial charge is 0.308 e. The summed E-state index contributed by atoms with van der Waals surface area (Å²) in [6.45, 7) is 0.530. The zero-order valence-electron chi connectivity index (χ0n) is 15.2. The third-order valence-corrected chi connectivity index (χ3v) is 7.25. The standard InChI is InChI=1S/C21H17ClN2O3S2/c22-18-9-5-4-8-16(18)13-23-29(26,27)17-10-11-19-20(12-17)28-21(25)24(19)14-15-6-2-1-3-7-15/h1-12,23H,13-14H2. The molecule has 29 heavy (non-hydrogen) atoms. The second kappa shape index (κ2) is 8.12. The first-order chi connectivity index (χ1) is 13.9. The van der Waals surface area contributed by atoms with Crippen LogP contribution in [0.5, 0.6) is 0 Å². The van der Waals surface area contributed by atoms with Crippen LogP contribution in [-0.4, -0.2) is 13.0 Å². The van der Waals surface area contributed by atoms with Crippen LogP contribution in [0, 0.1) is 0 Å². The van der Waals surface area contributed by atoms with Crippen molar-refractivity contribution >= 4 is 43.2 Å². The number of nitrogens with one attached hydrogen (secondary N) is 1. The Morgan fingerprint density at radius 3 is 2.45 bits per heavy atom. The monoisotopic (exact) mass is 444 g/mol. The Bertz CT molecular complexity index is 1330. The minimum Gasteiger partial charge on any atom is -0.294 e. The van der Waals surface area contributed by atoms with Crippen LogP contribution in [0.3, 0.4) is 0 Å². The molecule has 4 rings (SSSR count). The van der Waals surface area contributed by atoms with Gasteiger partial charge in [0.25, 0.3) is 0 Å². The highest BCUT2D eigenvalue weighted by Gasteiger charge is 2.17. The molecule has 0 aliphatic carbocycles. The van der Waals surface area contributed by atoms with Crippen molar-refractivity contribution in [2.45, 2.75) is 18.0 Å². The number of halogens is 1. The minimum absolute atomic E-state index is 0.0886. The SMILES string of the molecule is O=c1sc2cc(S(=O)(=O)NCc3ccccc3Cl)ccc2n1Cc1ccccc1. The Morgan fingerprint density at radius 1 is 0.966 bits per heavy atom. The third kappa shape index (κ3) is 4.28. The van der Waals surface area contributed by atoms with Crippen molar-refractivity contribution in [3.8, 4) is 0 Å². The van der Waals surface area contributed by atoms with Gasteiger partial charge in [-0.3, -0.25) is 9.36 Å². The normalized spacial score (nSPS) is 11.8. The fourth-order valence-electron chi connectivity index (χ4n) is 3.03.